The van der Waals surface area contributed by atoms with E-state index >= 15 is 0 Å². The number of benzene rings is 2. The van der Waals surface area contributed by atoms with Gasteiger partial charge in [-0.3, -0.25) is 4.79 Å². The van der Waals surface area contributed by atoms with Crippen molar-refractivity contribution in [2.24, 2.45) is 11.8 Å². The summed E-state index contributed by atoms with van der Waals surface area (Å²) >= 11 is 0. The van der Waals surface area contributed by atoms with Crippen molar-refractivity contribution < 1.29 is 15.0 Å². The van der Waals surface area contributed by atoms with E-state index in [1.807, 2.05) is 18.2 Å². The molecule has 4 N–H and O–H groups in total. The minimum atomic E-state index is -0.257. The zero-order valence-corrected chi connectivity index (χ0v) is 20.8. The van der Waals surface area contributed by atoms with E-state index in [0.717, 1.165) is 37.2 Å². The Hall–Kier alpha value is -2.57. The SMILES string of the molecule is CC(C)C(CN1CCC(C)(c2cccc(O)c2)[C@@H](C)C1)NC(=O)C1Cc2ccc(O)cc2CN1. The molecule has 34 heavy (non-hydrogen) atoms. The van der Waals surface area contributed by atoms with Gasteiger partial charge in [0.2, 0.25) is 5.91 Å². The quantitative estimate of drug-likeness (QED) is 0.524. The number of phenolic OH excluding ortho intramolecular Hbond substituents is 2. The highest BCUT2D eigenvalue weighted by atomic mass is 16.3. The van der Waals surface area contributed by atoms with Crippen LogP contribution >= 0.6 is 0 Å². The van der Waals surface area contributed by atoms with Crippen LogP contribution in [0.25, 0.3) is 0 Å². The highest BCUT2D eigenvalue weighted by molar-refractivity contribution is 5.82. The average Bonchev–Trinajstić information content (AvgIpc) is 2.80. The van der Waals surface area contributed by atoms with Crippen LogP contribution in [0.15, 0.2) is 42.5 Å². The number of amides is 1. The van der Waals surface area contributed by atoms with Crippen LogP contribution in [-0.2, 0) is 23.2 Å². The van der Waals surface area contributed by atoms with Gasteiger partial charge < -0.3 is 25.7 Å². The van der Waals surface area contributed by atoms with Crippen LogP contribution in [0.5, 0.6) is 11.5 Å². The summed E-state index contributed by atoms with van der Waals surface area (Å²) in [6.07, 6.45) is 1.65. The molecule has 6 nitrogen and oxygen atoms in total. The smallest absolute Gasteiger partial charge is 0.237 e. The number of phenols is 2. The van der Waals surface area contributed by atoms with E-state index < -0.39 is 0 Å². The van der Waals surface area contributed by atoms with Crippen molar-refractivity contribution in [3.63, 3.8) is 0 Å². The van der Waals surface area contributed by atoms with Crippen molar-refractivity contribution in [2.45, 2.75) is 64.6 Å². The molecule has 4 atom stereocenters. The van der Waals surface area contributed by atoms with Crippen LogP contribution in [0.3, 0.4) is 0 Å². The number of carbonyl (C=O) groups is 1. The van der Waals surface area contributed by atoms with Crippen LogP contribution in [0.1, 0.15) is 50.8 Å². The van der Waals surface area contributed by atoms with Gasteiger partial charge in [0.1, 0.15) is 11.5 Å². The van der Waals surface area contributed by atoms with E-state index in [1.165, 1.54) is 5.56 Å². The van der Waals surface area contributed by atoms with E-state index in [0.29, 0.717) is 30.6 Å². The number of hydrogen-bond acceptors (Lipinski definition) is 5. The zero-order chi connectivity index (χ0) is 24.5. The Labute approximate surface area is 203 Å². The number of rotatable bonds is 6. The predicted octanol–water partition coefficient (Wildman–Crippen LogP) is 3.55. The Balaban J connectivity index is 1.36. The summed E-state index contributed by atoms with van der Waals surface area (Å²) in [4.78, 5) is 15.6. The molecule has 0 aliphatic carbocycles. The number of carbonyl (C=O) groups excluding carboxylic acids is 1. The first-order chi connectivity index (χ1) is 16.2. The van der Waals surface area contributed by atoms with Crippen LogP contribution < -0.4 is 10.6 Å². The number of fused-ring (bicyclic) bond motifs is 1. The van der Waals surface area contributed by atoms with Crippen molar-refractivity contribution in [1.29, 1.82) is 0 Å². The molecule has 1 saturated heterocycles. The third kappa shape index (κ3) is 5.23. The second-order valence-corrected chi connectivity index (χ2v) is 10.8. The number of nitrogens with one attached hydrogen (secondary N) is 2. The second kappa shape index (κ2) is 9.96. The maximum atomic E-state index is 13.2. The third-order valence-electron chi connectivity index (χ3n) is 8.13. The molecule has 6 heteroatoms. The van der Waals surface area contributed by atoms with Gasteiger partial charge in [-0.25, -0.2) is 0 Å². The molecule has 184 valence electrons. The van der Waals surface area contributed by atoms with Gasteiger partial charge in [-0.2, -0.15) is 0 Å². The van der Waals surface area contributed by atoms with Gasteiger partial charge in [-0.05, 0) is 77.6 Å². The number of likely N-dealkylation sites (tertiary alicyclic amines) is 1. The third-order valence-corrected chi connectivity index (χ3v) is 8.13. The van der Waals surface area contributed by atoms with Gasteiger partial charge in [-0.1, -0.05) is 45.9 Å². The fourth-order valence-corrected chi connectivity index (χ4v) is 5.44. The lowest BCUT2D eigenvalue weighted by atomic mass is 9.68. The first kappa shape index (κ1) is 24.6. The summed E-state index contributed by atoms with van der Waals surface area (Å²) in [6, 6.07) is 12.9. The molecule has 0 aromatic heterocycles. The van der Waals surface area contributed by atoms with Gasteiger partial charge in [0.05, 0.1) is 6.04 Å². The molecule has 0 saturated carbocycles. The van der Waals surface area contributed by atoms with Gasteiger partial charge >= 0.3 is 0 Å². The van der Waals surface area contributed by atoms with Crippen molar-refractivity contribution in [3.8, 4) is 11.5 Å². The van der Waals surface area contributed by atoms with Gasteiger partial charge in [0.15, 0.2) is 0 Å². The molecule has 0 radical (unpaired) electrons. The maximum Gasteiger partial charge on any atom is 0.237 e. The van der Waals surface area contributed by atoms with E-state index in [2.05, 4.69) is 49.3 Å². The monoisotopic (exact) mass is 465 g/mol. The lowest BCUT2D eigenvalue weighted by molar-refractivity contribution is -0.124. The molecule has 1 fully saturated rings. The molecular formula is C28H39N3O3. The van der Waals surface area contributed by atoms with E-state index in [4.69, 9.17) is 0 Å². The van der Waals surface area contributed by atoms with Crippen LogP contribution in [0.4, 0.5) is 0 Å². The van der Waals surface area contributed by atoms with Crippen LogP contribution in [0.2, 0.25) is 0 Å². The minimum absolute atomic E-state index is 0.0274. The number of nitrogens with zero attached hydrogens (tertiary/aromatic N) is 1. The Morgan fingerprint density at radius 2 is 1.94 bits per heavy atom. The van der Waals surface area contributed by atoms with E-state index in [1.54, 1.807) is 18.2 Å². The standard InChI is InChI=1S/C28H39N3O3/c1-18(2)26(30-27(34)25-13-20-8-9-24(33)12-21(20)15-29-25)17-31-11-10-28(4,19(3)16-31)22-6-5-7-23(32)14-22/h5-9,12,14,18-19,25-26,29,32-33H,10-11,13,15-17H2,1-4H3,(H,30,34)/t19-,25?,26?,28?/m0/s1. The van der Waals surface area contributed by atoms with Gasteiger partial charge in [-0.15, -0.1) is 0 Å². The molecule has 1 amide bonds. The molecule has 2 heterocycles. The molecule has 2 aromatic carbocycles. The molecule has 0 spiro atoms. The first-order valence-corrected chi connectivity index (χ1v) is 12.5. The molecule has 4 rings (SSSR count). The zero-order valence-electron chi connectivity index (χ0n) is 20.8. The highest BCUT2D eigenvalue weighted by Crippen LogP contribution is 2.40. The fraction of sp³-hybridized carbons (Fsp3) is 0.536. The molecular weight excluding hydrogens is 426 g/mol. The van der Waals surface area contributed by atoms with Crippen LogP contribution in [0, 0.1) is 11.8 Å². The Morgan fingerprint density at radius 3 is 2.65 bits per heavy atom. The lowest BCUT2D eigenvalue weighted by Gasteiger charge is -2.46. The fourth-order valence-electron chi connectivity index (χ4n) is 5.44. The number of aromatic hydroxyl groups is 2. The molecule has 3 unspecified atom stereocenters. The van der Waals surface area contributed by atoms with E-state index in [9.17, 15) is 15.0 Å². The Bertz CT molecular complexity index is 1020. The molecule has 0 bridgehead atoms. The maximum absolute atomic E-state index is 13.2. The molecule has 2 aliphatic rings. The summed E-state index contributed by atoms with van der Waals surface area (Å²) < 4.78 is 0. The average molecular weight is 466 g/mol. The summed E-state index contributed by atoms with van der Waals surface area (Å²) in [7, 11) is 0. The van der Waals surface area contributed by atoms with Crippen molar-refractivity contribution in [3.05, 3.63) is 59.2 Å². The Kier molecular flexibility index (Phi) is 7.20. The summed E-state index contributed by atoms with van der Waals surface area (Å²) in [5, 5.41) is 26.3. The van der Waals surface area contributed by atoms with E-state index in [-0.39, 0.29) is 29.2 Å². The van der Waals surface area contributed by atoms with Crippen molar-refractivity contribution >= 4 is 5.91 Å². The predicted molar refractivity (Wildman–Crippen MR) is 135 cm³/mol. The normalized spacial score (nSPS) is 26.1. The summed E-state index contributed by atoms with van der Waals surface area (Å²) in [6.45, 7) is 12.3. The number of hydrogen-bond donors (Lipinski definition) is 4. The van der Waals surface area contributed by atoms with Gasteiger partial charge in [0, 0.05) is 25.7 Å². The van der Waals surface area contributed by atoms with Crippen molar-refractivity contribution in [2.75, 3.05) is 19.6 Å². The summed E-state index contributed by atoms with van der Waals surface area (Å²) in [5.41, 5.74) is 3.40. The minimum Gasteiger partial charge on any atom is -0.508 e. The largest absolute Gasteiger partial charge is 0.508 e. The lowest BCUT2D eigenvalue weighted by Crippen LogP contribution is -2.56. The molecule has 2 aromatic rings. The Morgan fingerprint density at radius 1 is 1.18 bits per heavy atom. The van der Waals surface area contributed by atoms with Crippen molar-refractivity contribution in [1.82, 2.24) is 15.5 Å². The first-order valence-electron chi connectivity index (χ1n) is 12.5. The summed E-state index contributed by atoms with van der Waals surface area (Å²) in [5.74, 6) is 1.39. The number of piperidine rings is 1. The topological polar surface area (TPSA) is 84.8 Å². The molecule has 2 aliphatic heterocycles. The second-order valence-electron chi connectivity index (χ2n) is 10.8. The van der Waals surface area contributed by atoms with Gasteiger partial charge in [0.25, 0.3) is 0 Å². The van der Waals surface area contributed by atoms with Crippen LogP contribution in [-0.4, -0.2) is 52.7 Å². The highest BCUT2D eigenvalue weighted by Gasteiger charge is 2.39.